The molecule has 0 heterocycles. The van der Waals surface area contributed by atoms with E-state index in [9.17, 15) is 0 Å². The van der Waals surface area contributed by atoms with Crippen molar-refractivity contribution < 1.29 is 9.47 Å². The third-order valence-corrected chi connectivity index (χ3v) is 1.66. The third kappa shape index (κ3) is 2.44. The standard InChI is InChI=1S/C8H10O2S/c1-9-6-10-7-4-2-3-5-8(7)11/h2-4H,5-6H2,1H3. The first-order valence-corrected chi connectivity index (χ1v) is 3.77. The van der Waals surface area contributed by atoms with Crippen molar-refractivity contribution in [1.29, 1.82) is 0 Å². The van der Waals surface area contributed by atoms with E-state index in [1.165, 1.54) is 0 Å². The van der Waals surface area contributed by atoms with Gasteiger partial charge in [0.1, 0.15) is 5.76 Å². The molecule has 0 aromatic carbocycles. The Morgan fingerprint density at radius 1 is 1.64 bits per heavy atom. The molecule has 2 nitrogen and oxygen atoms in total. The molecule has 0 aromatic rings. The molecule has 60 valence electrons. The highest BCUT2D eigenvalue weighted by Crippen LogP contribution is 2.10. The summed E-state index contributed by atoms with van der Waals surface area (Å²) >= 11 is 5.04. The van der Waals surface area contributed by atoms with Crippen LogP contribution in [0.2, 0.25) is 0 Å². The van der Waals surface area contributed by atoms with Crippen LogP contribution in [-0.2, 0) is 9.47 Å². The molecule has 1 aliphatic carbocycles. The summed E-state index contributed by atoms with van der Waals surface area (Å²) in [5, 5.41) is 0. The van der Waals surface area contributed by atoms with Gasteiger partial charge >= 0.3 is 0 Å². The lowest BCUT2D eigenvalue weighted by Gasteiger charge is -2.10. The van der Waals surface area contributed by atoms with Gasteiger partial charge in [0.15, 0.2) is 6.79 Å². The first kappa shape index (κ1) is 8.43. The highest BCUT2D eigenvalue weighted by molar-refractivity contribution is 7.80. The number of allylic oxidation sites excluding steroid dienone is 4. The molecule has 11 heavy (non-hydrogen) atoms. The maximum atomic E-state index is 5.19. The Hall–Kier alpha value is -0.670. The van der Waals surface area contributed by atoms with Crippen LogP contribution in [0.3, 0.4) is 0 Å². The molecule has 0 unspecified atom stereocenters. The maximum Gasteiger partial charge on any atom is 0.188 e. The first-order chi connectivity index (χ1) is 5.34. The summed E-state index contributed by atoms with van der Waals surface area (Å²) in [6.07, 6.45) is 6.58. The van der Waals surface area contributed by atoms with Crippen LogP contribution in [0.1, 0.15) is 6.42 Å². The quantitative estimate of drug-likeness (QED) is 0.475. The molecule has 0 saturated carbocycles. The van der Waals surface area contributed by atoms with Crippen LogP contribution >= 0.6 is 12.2 Å². The van der Waals surface area contributed by atoms with Crippen molar-refractivity contribution in [2.75, 3.05) is 13.9 Å². The molecule has 0 atom stereocenters. The van der Waals surface area contributed by atoms with Crippen LogP contribution in [0.25, 0.3) is 0 Å². The zero-order chi connectivity index (χ0) is 8.10. The Labute approximate surface area is 71.5 Å². The van der Waals surface area contributed by atoms with Crippen molar-refractivity contribution in [3.8, 4) is 0 Å². The van der Waals surface area contributed by atoms with E-state index in [1.807, 2.05) is 18.2 Å². The van der Waals surface area contributed by atoms with E-state index < -0.39 is 0 Å². The Balaban J connectivity index is 2.47. The van der Waals surface area contributed by atoms with Crippen LogP contribution in [-0.4, -0.2) is 18.8 Å². The van der Waals surface area contributed by atoms with Gasteiger partial charge in [-0.3, -0.25) is 0 Å². The normalized spacial score (nSPS) is 16.5. The zero-order valence-electron chi connectivity index (χ0n) is 6.37. The molecular weight excluding hydrogens is 160 g/mol. The van der Waals surface area contributed by atoms with Crippen molar-refractivity contribution in [1.82, 2.24) is 0 Å². The van der Waals surface area contributed by atoms with Gasteiger partial charge in [0.05, 0.1) is 4.86 Å². The molecule has 3 heteroatoms. The van der Waals surface area contributed by atoms with Crippen molar-refractivity contribution in [3.05, 3.63) is 24.0 Å². The Kier molecular flexibility index (Phi) is 3.26. The average Bonchev–Trinajstić information content (AvgIpc) is 2.03. The number of thiocarbonyl (C=S) groups is 1. The third-order valence-electron chi connectivity index (χ3n) is 1.29. The molecule has 0 aliphatic heterocycles. The van der Waals surface area contributed by atoms with Crippen molar-refractivity contribution >= 4 is 17.1 Å². The lowest BCUT2D eigenvalue weighted by molar-refractivity contribution is 0.0127. The average molecular weight is 170 g/mol. The van der Waals surface area contributed by atoms with E-state index >= 15 is 0 Å². The summed E-state index contributed by atoms with van der Waals surface area (Å²) in [7, 11) is 1.59. The van der Waals surface area contributed by atoms with Crippen LogP contribution in [0.4, 0.5) is 0 Å². The fourth-order valence-electron chi connectivity index (χ4n) is 0.775. The molecule has 0 fully saturated rings. The van der Waals surface area contributed by atoms with Gasteiger partial charge in [-0.1, -0.05) is 24.4 Å². The van der Waals surface area contributed by atoms with Gasteiger partial charge < -0.3 is 9.47 Å². The second kappa shape index (κ2) is 4.26. The monoisotopic (exact) mass is 170 g/mol. The van der Waals surface area contributed by atoms with E-state index in [0.29, 0.717) is 0 Å². The minimum absolute atomic E-state index is 0.264. The molecule has 0 saturated heterocycles. The van der Waals surface area contributed by atoms with Gasteiger partial charge in [0.2, 0.25) is 0 Å². The summed E-state index contributed by atoms with van der Waals surface area (Å²) in [6.45, 7) is 0.264. The van der Waals surface area contributed by atoms with Gasteiger partial charge in [0.25, 0.3) is 0 Å². The largest absolute Gasteiger partial charge is 0.466 e. The summed E-state index contributed by atoms with van der Waals surface area (Å²) in [4.78, 5) is 0.838. The number of rotatable bonds is 3. The fourth-order valence-corrected chi connectivity index (χ4v) is 0.998. The predicted molar refractivity (Wildman–Crippen MR) is 47.4 cm³/mol. The van der Waals surface area contributed by atoms with Crippen molar-refractivity contribution in [2.45, 2.75) is 6.42 Å². The van der Waals surface area contributed by atoms with Gasteiger partial charge in [-0.25, -0.2) is 0 Å². The van der Waals surface area contributed by atoms with Crippen LogP contribution < -0.4 is 0 Å². The number of ether oxygens (including phenoxy) is 2. The summed E-state index contributed by atoms with van der Waals surface area (Å²) in [6, 6.07) is 0. The SMILES string of the molecule is COCOC1=CC=CCC1=S. The Morgan fingerprint density at radius 3 is 3.09 bits per heavy atom. The Morgan fingerprint density at radius 2 is 2.45 bits per heavy atom. The molecule has 1 rings (SSSR count). The van der Waals surface area contributed by atoms with E-state index in [1.54, 1.807) is 7.11 Å². The molecule has 1 aliphatic rings. The maximum absolute atomic E-state index is 5.19. The second-order valence-electron chi connectivity index (χ2n) is 2.14. The number of hydrogen-bond acceptors (Lipinski definition) is 3. The van der Waals surface area contributed by atoms with E-state index in [0.717, 1.165) is 17.0 Å². The lowest BCUT2D eigenvalue weighted by atomic mass is 10.2. The van der Waals surface area contributed by atoms with Crippen molar-refractivity contribution in [2.24, 2.45) is 0 Å². The first-order valence-electron chi connectivity index (χ1n) is 3.36. The molecule has 0 amide bonds. The van der Waals surface area contributed by atoms with E-state index in [2.05, 4.69) is 0 Å². The minimum atomic E-state index is 0.264. The molecular formula is C8H10O2S. The predicted octanol–water partition coefficient (Wildman–Crippen LogP) is 1.82. The summed E-state index contributed by atoms with van der Waals surface area (Å²) < 4.78 is 9.94. The minimum Gasteiger partial charge on any atom is -0.466 e. The highest BCUT2D eigenvalue weighted by atomic mass is 32.1. The zero-order valence-corrected chi connectivity index (χ0v) is 7.19. The van der Waals surface area contributed by atoms with Gasteiger partial charge in [-0.15, -0.1) is 0 Å². The van der Waals surface area contributed by atoms with Gasteiger partial charge in [-0.2, -0.15) is 0 Å². The van der Waals surface area contributed by atoms with Crippen LogP contribution in [0.15, 0.2) is 24.0 Å². The second-order valence-corrected chi connectivity index (χ2v) is 2.63. The lowest BCUT2D eigenvalue weighted by Crippen LogP contribution is -2.07. The van der Waals surface area contributed by atoms with E-state index in [4.69, 9.17) is 21.7 Å². The van der Waals surface area contributed by atoms with E-state index in [-0.39, 0.29) is 6.79 Å². The van der Waals surface area contributed by atoms with Crippen LogP contribution in [0, 0.1) is 0 Å². The van der Waals surface area contributed by atoms with Crippen LogP contribution in [0.5, 0.6) is 0 Å². The summed E-state index contributed by atoms with van der Waals surface area (Å²) in [5.74, 6) is 0.754. The number of methoxy groups -OCH3 is 1. The topological polar surface area (TPSA) is 18.5 Å². The molecule has 0 bridgehead atoms. The van der Waals surface area contributed by atoms with Gasteiger partial charge in [-0.05, 0) is 6.08 Å². The smallest absolute Gasteiger partial charge is 0.188 e. The Bertz CT molecular complexity index is 206. The molecule has 0 N–H and O–H groups in total. The van der Waals surface area contributed by atoms with Crippen molar-refractivity contribution in [3.63, 3.8) is 0 Å². The molecule has 0 radical (unpaired) electrons. The summed E-state index contributed by atoms with van der Waals surface area (Å²) in [5.41, 5.74) is 0. The molecule has 0 aromatic heterocycles. The molecule has 0 spiro atoms. The fraction of sp³-hybridized carbons (Fsp3) is 0.375. The highest BCUT2D eigenvalue weighted by Gasteiger charge is 2.06. The van der Waals surface area contributed by atoms with Gasteiger partial charge in [0, 0.05) is 13.5 Å². The number of hydrogen-bond donors (Lipinski definition) is 0.